The third-order valence-electron chi connectivity index (χ3n) is 3.40. The van der Waals surface area contributed by atoms with Crippen LogP contribution in [0, 0.1) is 0 Å². The molecule has 0 amide bonds. The van der Waals surface area contributed by atoms with Crippen LogP contribution in [0.3, 0.4) is 0 Å². The summed E-state index contributed by atoms with van der Waals surface area (Å²) in [5, 5.41) is 0. The first kappa shape index (κ1) is 36.8. The molecule has 0 aliphatic rings. The molecule has 0 aromatic heterocycles. The molecule has 0 aromatic carbocycles. The maximum absolute atomic E-state index is 6.94. The molecule has 0 radical (unpaired) electrons. The van der Waals surface area contributed by atoms with Gasteiger partial charge in [0.15, 0.2) is 58.7 Å². The number of rotatable bonds is 16. The Morgan fingerprint density at radius 3 is 0.943 bits per heavy atom. The Bertz CT molecular complexity index is 630. The van der Waals surface area contributed by atoms with Crippen LogP contribution in [0.25, 0.3) is 0 Å². The lowest BCUT2D eigenvalue weighted by molar-refractivity contribution is 0.0738. The van der Waals surface area contributed by atoms with Gasteiger partial charge in [0.05, 0.1) is 0 Å². The molecule has 0 heterocycles. The van der Waals surface area contributed by atoms with Gasteiger partial charge in [0.2, 0.25) is 0 Å². The van der Waals surface area contributed by atoms with E-state index >= 15 is 0 Å². The van der Waals surface area contributed by atoms with Crippen LogP contribution in [0.5, 0.6) is 0 Å². The topological polar surface area (TPSA) is 73.8 Å². The molecule has 0 rings (SSSR count). The van der Waals surface area contributed by atoms with Gasteiger partial charge in [-0.1, -0.05) is 0 Å². The molecule has 35 heavy (non-hydrogen) atoms. The first-order valence-electron chi connectivity index (χ1n) is 12.4. The van der Waals surface area contributed by atoms with Gasteiger partial charge in [-0.15, -0.1) is 0 Å². The second-order valence-corrected chi connectivity index (χ2v) is 55.0. The van der Waals surface area contributed by atoms with Crippen molar-refractivity contribution in [3.05, 3.63) is 0 Å². The quantitative estimate of drug-likeness (QED) is 0.227. The SMILES string of the molecule is C[Si](C)(C)O[Si](O[SiH3])(O[Si](C)(C)C)O[Si](O[SiH2][Si](C)(C)O[Si](C)(C)C)(O[Si](C)(C)C)O[Si](C)(C)C. The predicted octanol–water partition coefficient (Wildman–Crippen LogP) is 4.23. The molecule has 212 valence electrons. The lowest BCUT2D eigenvalue weighted by Gasteiger charge is -2.45. The van der Waals surface area contributed by atoms with Crippen molar-refractivity contribution in [2.75, 3.05) is 0 Å². The largest absolute Gasteiger partial charge is 0.641 e. The van der Waals surface area contributed by atoms with E-state index in [1.807, 2.05) is 0 Å². The summed E-state index contributed by atoms with van der Waals surface area (Å²) in [6.45, 7) is 36.8. The second kappa shape index (κ2) is 12.6. The summed E-state index contributed by atoms with van der Waals surface area (Å²) in [7, 11) is -20.4. The monoisotopic (exact) mass is 668 g/mol. The molecule has 0 N–H and O–H groups in total. The van der Waals surface area contributed by atoms with Crippen molar-refractivity contribution in [2.45, 2.75) is 111 Å². The van der Waals surface area contributed by atoms with Crippen molar-refractivity contribution >= 4 is 87.3 Å². The minimum absolute atomic E-state index is 0.410. The zero-order valence-electron chi connectivity index (χ0n) is 26.0. The van der Waals surface area contributed by atoms with E-state index in [1.54, 1.807) is 0 Å². The molecule has 0 fully saturated rings. The minimum Gasteiger partial charge on any atom is -0.456 e. The molecule has 0 spiro atoms. The Morgan fingerprint density at radius 2 is 0.686 bits per heavy atom. The highest BCUT2D eigenvalue weighted by Crippen LogP contribution is 2.31. The molecule has 0 saturated heterocycles. The first-order chi connectivity index (χ1) is 15.0. The highest BCUT2D eigenvalue weighted by atomic mass is 29.2. The molecular formula is C17H56O8Si10. The zero-order valence-corrected chi connectivity index (χ0v) is 37.4. The highest BCUT2D eigenvalue weighted by molar-refractivity contribution is 7.21. The molecule has 0 unspecified atom stereocenters. The average Bonchev–Trinajstić information content (AvgIpc) is 2.43. The summed E-state index contributed by atoms with van der Waals surface area (Å²) in [4.78, 5) is 0. The Hall–Kier alpha value is 1.85. The van der Waals surface area contributed by atoms with Crippen molar-refractivity contribution in [1.82, 2.24) is 0 Å². The van der Waals surface area contributed by atoms with Gasteiger partial charge in [-0.3, -0.25) is 0 Å². The van der Waals surface area contributed by atoms with Crippen LogP contribution in [0.2, 0.25) is 111 Å². The summed E-state index contributed by atoms with van der Waals surface area (Å²) < 4.78 is 53.6. The summed E-state index contributed by atoms with van der Waals surface area (Å²) in [6, 6.07) is 0. The fourth-order valence-corrected chi connectivity index (χ4v) is 43.2. The van der Waals surface area contributed by atoms with Crippen molar-refractivity contribution in [2.24, 2.45) is 0 Å². The Labute approximate surface area is 230 Å². The van der Waals surface area contributed by atoms with Crippen LogP contribution >= 0.6 is 0 Å². The van der Waals surface area contributed by atoms with Crippen LogP contribution < -0.4 is 0 Å². The molecule has 0 aliphatic carbocycles. The van der Waals surface area contributed by atoms with Gasteiger partial charge in [-0.25, -0.2) is 0 Å². The second-order valence-electron chi connectivity index (χ2n) is 14.4. The van der Waals surface area contributed by atoms with Crippen molar-refractivity contribution in [3.63, 3.8) is 0 Å². The molecule has 18 heteroatoms. The highest BCUT2D eigenvalue weighted by Gasteiger charge is 2.63. The van der Waals surface area contributed by atoms with Gasteiger partial charge in [-0.2, -0.15) is 0 Å². The van der Waals surface area contributed by atoms with Crippen molar-refractivity contribution in [1.29, 1.82) is 0 Å². The van der Waals surface area contributed by atoms with Crippen LogP contribution in [0.4, 0.5) is 0 Å². The van der Waals surface area contributed by atoms with Gasteiger partial charge >= 0.3 is 18.1 Å². The average molecular weight is 669 g/mol. The predicted molar refractivity (Wildman–Crippen MR) is 173 cm³/mol. The maximum Gasteiger partial charge on any atom is 0.641 e. The van der Waals surface area contributed by atoms with Gasteiger partial charge in [0.1, 0.15) is 10.5 Å². The van der Waals surface area contributed by atoms with Crippen LogP contribution in [0.1, 0.15) is 0 Å². The summed E-state index contributed by atoms with van der Waals surface area (Å²) in [6.07, 6.45) is 0. The van der Waals surface area contributed by atoms with E-state index in [0.29, 0.717) is 10.5 Å². The van der Waals surface area contributed by atoms with Gasteiger partial charge in [0, 0.05) is 0 Å². The summed E-state index contributed by atoms with van der Waals surface area (Å²) in [5.74, 6) is 0. The third-order valence-corrected chi connectivity index (χ3v) is 33.2. The standard InChI is InChI=1S/C17H56O8Si10/c1-28(2,3)20-33(16,17)27-19-35(23-31(10,11)12,24-32(13,14)15)25-34(18-26,21-29(4,5)6)22-30(7,8)9/h27H2,1-17,26H3. The molecule has 0 saturated carbocycles. The minimum atomic E-state index is -3.70. The fraction of sp³-hybridized carbons (Fsp3) is 1.00. The van der Waals surface area contributed by atoms with E-state index in [0.717, 1.165) is 0 Å². The van der Waals surface area contributed by atoms with Crippen molar-refractivity contribution in [3.8, 4) is 0 Å². The van der Waals surface area contributed by atoms with Crippen molar-refractivity contribution < 1.29 is 32.9 Å². The molecular weight excluding hydrogens is 613 g/mol. The molecule has 0 aliphatic heterocycles. The number of hydrogen-bond donors (Lipinski definition) is 0. The van der Waals surface area contributed by atoms with E-state index < -0.39 is 76.8 Å². The molecule has 0 bridgehead atoms. The Kier molecular flexibility index (Phi) is 13.2. The summed E-state index contributed by atoms with van der Waals surface area (Å²) in [5.41, 5.74) is 0. The van der Waals surface area contributed by atoms with E-state index in [-0.39, 0.29) is 0 Å². The maximum atomic E-state index is 6.94. The van der Waals surface area contributed by atoms with Crippen LogP contribution in [-0.2, 0) is 32.9 Å². The molecule has 8 nitrogen and oxygen atoms in total. The zero-order chi connectivity index (χ0) is 28.4. The van der Waals surface area contributed by atoms with E-state index in [1.165, 1.54) is 0 Å². The normalized spacial score (nSPS) is 16.0. The summed E-state index contributed by atoms with van der Waals surface area (Å²) >= 11 is 0. The fourth-order valence-electron chi connectivity index (χ4n) is 3.11. The Morgan fingerprint density at radius 1 is 0.400 bits per heavy atom. The van der Waals surface area contributed by atoms with Gasteiger partial charge in [-0.05, 0) is 111 Å². The van der Waals surface area contributed by atoms with Gasteiger partial charge < -0.3 is 32.9 Å². The van der Waals surface area contributed by atoms with Gasteiger partial charge in [0.25, 0.3) is 0 Å². The number of hydrogen-bond acceptors (Lipinski definition) is 8. The lowest BCUT2D eigenvalue weighted by atomic mass is 11.8. The van der Waals surface area contributed by atoms with E-state index in [2.05, 4.69) is 111 Å². The molecule has 0 atom stereocenters. The Balaban J connectivity index is 6.72. The van der Waals surface area contributed by atoms with E-state index in [9.17, 15) is 0 Å². The molecule has 0 aromatic rings. The lowest BCUT2D eigenvalue weighted by Crippen LogP contribution is -2.70. The van der Waals surface area contributed by atoms with Crippen LogP contribution in [-0.4, -0.2) is 87.3 Å². The third kappa shape index (κ3) is 17.9. The smallest absolute Gasteiger partial charge is 0.456 e. The van der Waals surface area contributed by atoms with Crippen LogP contribution in [0.15, 0.2) is 0 Å². The van der Waals surface area contributed by atoms with E-state index in [4.69, 9.17) is 32.9 Å². The first-order valence-corrected chi connectivity index (χ1v) is 39.3.